The Labute approximate surface area is 127 Å². The SMILES string of the molecule is COC(=O)c1ccc2c(c1)c(=O)cc(-c1ccccc1)n2C. The Morgan fingerprint density at radius 2 is 1.77 bits per heavy atom. The maximum Gasteiger partial charge on any atom is 0.337 e. The van der Waals surface area contributed by atoms with Gasteiger partial charge in [-0.3, -0.25) is 4.79 Å². The van der Waals surface area contributed by atoms with E-state index in [-0.39, 0.29) is 5.43 Å². The summed E-state index contributed by atoms with van der Waals surface area (Å²) >= 11 is 0. The summed E-state index contributed by atoms with van der Waals surface area (Å²) in [6, 6.07) is 16.3. The fourth-order valence-electron chi connectivity index (χ4n) is 2.59. The summed E-state index contributed by atoms with van der Waals surface area (Å²) in [5.41, 5.74) is 2.85. The first kappa shape index (κ1) is 14.1. The van der Waals surface area contributed by atoms with Crippen LogP contribution in [0.3, 0.4) is 0 Å². The monoisotopic (exact) mass is 293 g/mol. The number of carbonyl (C=O) groups is 1. The van der Waals surface area contributed by atoms with Crippen LogP contribution in [-0.4, -0.2) is 17.6 Å². The Morgan fingerprint density at radius 1 is 1.05 bits per heavy atom. The van der Waals surface area contributed by atoms with Gasteiger partial charge in [0.15, 0.2) is 5.43 Å². The van der Waals surface area contributed by atoms with Crippen molar-refractivity contribution >= 4 is 16.9 Å². The van der Waals surface area contributed by atoms with Gasteiger partial charge in [0.2, 0.25) is 0 Å². The molecule has 0 radical (unpaired) electrons. The minimum atomic E-state index is -0.448. The summed E-state index contributed by atoms with van der Waals surface area (Å²) in [5, 5.41) is 0.505. The predicted molar refractivity (Wildman–Crippen MR) is 86.0 cm³/mol. The average Bonchev–Trinajstić information content (AvgIpc) is 2.57. The first-order chi connectivity index (χ1) is 10.6. The Hall–Kier alpha value is -2.88. The Kier molecular flexibility index (Phi) is 3.51. The van der Waals surface area contributed by atoms with Gasteiger partial charge in [-0.05, 0) is 23.8 Å². The Balaban J connectivity index is 2.27. The number of pyridine rings is 1. The van der Waals surface area contributed by atoms with E-state index in [1.165, 1.54) is 7.11 Å². The molecule has 0 bridgehead atoms. The van der Waals surface area contributed by atoms with Crippen molar-refractivity contribution in [2.45, 2.75) is 0 Å². The van der Waals surface area contributed by atoms with E-state index < -0.39 is 5.97 Å². The number of ether oxygens (including phenoxy) is 1. The van der Waals surface area contributed by atoms with Crippen LogP contribution in [-0.2, 0) is 11.8 Å². The van der Waals surface area contributed by atoms with Gasteiger partial charge in [0.25, 0.3) is 0 Å². The molecule has 1 heterocycles. The number of hydrogen-bond donors (Lipinski definition) is 0. The van der Waals surface area contributed by atoms with E-state index in [1.54, 1.807) is 24.3 Å². The van der Waals surface area contributed by atoms with Crippen molar-refractivity contribution in [2.75, 3.05) is 7.11 Å². The molecule has 3 rings (SSSR count). The maximum absolute atomic E-state index is 12.4. The average molecular weight is 293 g/mol. The van der Waals surface area contributed by atoms with Gasteiger partial charge in [-0.15, -0.1) is 0 Å². The third kappa shape index (κ3) is 2.29. The van der Waals surface area contributed by atoms with E-state index >= 15 is 0 Å². The van der Waals surface area contributed by atoms with E-state index in [0.717, 1.165) is 16.8 Å². The molecule has 0 atom stereocenters. The highest BCUT2D eigenvalue weighted by Gasteiger charge is 2.11. The molecule has 4 nitrogen and oxygen atoms in total. The van der Waals surface area contributed by atoms with Gasteiger partial charge in [0, 0.05) is 18.5 Å². The van der Waals surface area contributed by atoms with Crippen molar-refractivity contribution in [1.82, 2.24) is 4.57 Å². The summed E-state index contributed by atoms with van der Waals surface area (Å²) in [6.45, 7) is 0. The highest BCUT2D eigenvalue weighted by atomic mass is 16.5. The fraction of sp³-hybridized carbons (Fsp3) is 0.111. The summed E-state index contributed by atoms with van der Waals surface area (Å²) in [6.07, 6.45) is 0. The van der Waals surface area contributed by atoms with Gasteiger partial charge in [-0.25, -0.2) is 4.79 Å². The lowest BCUT2D eigenvalue weighted by Crippen LogP contribution is -2.10. The van der Waals surface area contributed by atoms with E-state index in [1.807, 2.05) is 41.9 Å². The topological polar surface area (TPSA) is 48.3 Å². The number of nitrogens with zero attached hydrogens (tertiary/aromatic N) is 1. The molecular weight excluding hydrogens is 278 g/mol. The summed E-state index contributed by atoms with van der Waals surface area (Å²) in [5.74, 6) is -0.448. The largest absolute Gasteiger partial charge is 0.465 e. The Morgan fingerprint density at radius 3 is 2.45 bits per heavy atom. The van der Waals surface area contributed by atoms with Crippen molar-refractivity contribution in [2.24, 2.45) is 7.05 Å². The van der Waals surface area contributed by atoms with Crippen LogP contribution in [0.4, 0.5) is 0 Å². The predicted octanol–water partition coefficient (Wildman–Crippen LogP) is 2.99. The third-order valence-corrected chi connectivity index (χ3v) is 3.74. The second-order valence-corrected chi connectivity index (χ2v) is 5.04. The van der Waals surface area contributed by atoms with E-state index in [4.69, 9.17) is 4.74 Å². The zero-order valence-electron chi connectivity index (χ0n) is 12.4. The number of rotatable bonds is 2. The molecule has 0 amide bonds. The van der Waals surface area contributed by atoms with Crippen LogP contribution in [0.2, 0.25) is 0 Å². The van der Waals surface area contributed by atoms with E-state index in [2.05, 4.69) is 0 Å². The molecule has 0 spiro atoms. The van der Waals surface area contributed by atoms with Crippen LogP contribution < -0.4 is 5.43 Å². The zero-order chi connectivity index (χ0) is 15.7. The summed E-state index contributed by atoms with van der Waals surface area (Å²) < 4.78 is 6.65. The standard InChI is InChI=1S/C18H15NO3/c1-19-15-9-8-13(18(21)22-2)10-14(15)17(20)11-16(19)12-6-4-3-5-7-12/h3-11H,1-2H3. The molecule has 3 aromatic rings. The molecule has 2 aromatic carbocycles. The smallest absolute Gasteiger partial charge is 0.337 e. The van der Waals surface area contributed by atoms with Crippen molar-refractivity contribution in [3.63, 3.8) is 0 Å². The normalized spacial score (nSPS) is 10.6. The molecule has 0 fully saturated rings. The second-order valence-electron chi connectivity index (χ2n) is 5.04. The molecule has 0 saturated carbocycles. The quantitative estimate of drug-likeness (QED) is 0.682. The number of methoxy groups -OCH3 is 1. The maximum atomic E-state index is 12.4. The molecule has 0 saturated heterocycles. The first-order valence-corrected chi connectivity index (χ1v) is 6.89. The zero-order valence-corrected chi connectivity index (χ0v) is 12.4. The van der Waals surface area contributed by atoms with Crippen molar-refractivity contribution < 1.29 is 9.53 Å². The van der Waals surface area contributed by atoms with Crippen molar-refractivity contribution in [3.05, 3.63) is 70.4 Å². The molecule has 110 valence electrons. The van der Waals surface area contributed by atoms with Gasteiger partial charge in [0.05, 0.1) is 23.9 Å². The van der Waals surface area contributed by atoms with Gasteiger partial charge >= 0.3 is 5.97 Å². The van der Waals surface area contributed by atoms with Crippen LogP contribution in [0.25, 0.3) is 22.2 Å². The lowest BCUT2D eigenvalue weighted by Gasteiger charge is -2.13. The second kappa shape index (κ2) is 5.48. The van der Waals surface area contributed by atoms with Crippen molar-refractivity contribution in [1.29, 1.82) is 0 Å². The van der Waals surface area contributed by atoms with Gasteiger partial charge in [-0.2, -0.15) is 0 Å². The van der Waals surface area contributed by atoms with E-state index in [9.17, 15) is 9.59 Å². The van der Waals surface area contributed by atoms with Gasteiger partial charge in [0.1, 0.15) is 0 Å². The molecule has 4 heteroatoms. The first-order valence-electron chi connectivity index (χ1n) is 6.89. The number of fused-ring (bicyclic) bond motifs is 1. The summed E-state index contributed by atoms with van der Waals surface area (Å²) in [7, 11) is 3.23. The van der Waals surface area contributed by atoms with Crippen LogP contribution in [0.5, 0.6) is 0 Å². The molecule has 0 N–H and O–H groups in total. The highest BCUT2D eigenvalue weighted by Crippen LogP contribution is 2.22. The van der Waals surface area contributed by atoms with E-state index in [0.29, 0.717) is 10.9 Å². The van der Waals surface area contributed by atoms with Crippen LogP contribution >= 0.6 is 0 Å². The van der Waals surface area contributed by atoms with Crippen LogP contribution in [0.15, 0.2) is 59.4 Å². The highest BCUT2D eigenvalue weighted by molar-refractivity contribution is 5.95. The minimum Gasteiger partial charge on any atom is -0.465 e. The molecular formula is C18H15NO3. The van der Waals surface area contributed by atoms with Gasteiger partial charge < -0.3 is 9.30 Å². The Bertz CT molecular complexity index is 911. The lowest BCUT2D eigenvalue weighted by atomic mass is 10.1. The molecule has 0 aliphatic carbocycles. The van der Waals surface area contributed by atoms with Crippen LogP contribution in [0.1, 0.15) is 10.4 Å². The number of benzene rings is 2. The third-order valence-electron chi connectivity index (χ3n) is 3.74. The summed E-state index contributed by atoms with van der Waals surface area (Å²) in [4.78, 5) is 24.0. The number of carbonyl (C=O) groups excluding carboxylic acids is 1. The number of aryl methyl sites for hydroxylation is 1. The minimum absolute atomic E-state index is 0.113. The number of aromatic nitrogens is 1. The van der Waals surface area contributed by atoms with Crippen molar-refractivity contribution in [3.8, 4) is 11.3 Å². The van der Waals surface area contributed by atoms with Crippen LogP contribution in [0, 0.1) is 0 Å². The molecule has 0 unspecified atom stereocenters. The van der Waals surface area contributed by atoms with Gasteiger partial charge in [-0.1, -0.05) is 30.3 Å². The fourth-order valence-corrected chi connectivity index (χ4v) is 2.59. The molecule has 0 aliphatic rings. The number of hydrogen-bond acceptors (Lipinski definition) is 3. The number of esters is 1. The molecule has 0 aliphatic heterocycles. The molecule has 22 heavy (non-hydrogen) atoms. The molecule has 1 aromatic heterocycles. The lowest BCUT2D eigenvalue weighted by molar-refractivity contribution is 0.0601.